The Bertz CT molecular complexity index is 1090. The van der Waals surface area contributed by atoms with Crippen molar-refractivity contribution in [2.24, 2.45) is 17.8 Å². The predicted molar refractivity (Wildman–Crippen MR) is 125 cm³/mol. The number of benzene rings is 2. The zero-order valence-electron chi connectivity index (χ0n) is 18.1. The molecule has 0 unspecified atom stereocenters. The molecule has 4 aliphatic carbocycles. The van der Waals surface area contributed by atoms with Crippen molar-refractivity contribution in [3.8, 4) is 11.8 Å². The Labute approximate surface area is 193 Å². The van der Waals surface area contributed by atoms with Crippen LogP contribution in [0.25, 0.3) is 0 Å². The van der Waals surface area contributed by atoms with Crippen LogP contribution in [0.15, 0.2) is 42.5 Å². The third-order valence-electron chi connectivity index (χ3n) is 7.49. The maximum atomic E-state index is 12.4. The summed E-state index contributed by atoms with van der Waals surface area (Å²) in [5.41, 5.74) is 3.11. The lowest BCUT2D eigenvalue weighted by molar-refractivity contribution is -0.111. The van der Waals surface area contributed by atoms with Crippen LogP contribution in [0.3, 0.4) is 0 Å². The molecular formula is C27H26ClNO3. The van der Waals surface area contributed by atoms with Crippen molar-refractivity contribution in [1.29, 1.82) is 0 Å². The standard InChI is InChI=1S/C27H26ClNO3/c1-32-26(31)23-13-22(28)7-8-24(23)29-25(30)9-4-17-2-5-21(6-3-17)27-14-18-10-19(15-27)12-20(11-18)16-27/h2-3,5-8,13,18-20H,10-12,14-16H2,1H3,(H,29,30). The van der Waals surface area contributed by atoms with Crippen LogP contribution in [0.1, 0.15) is 60.0 Å². The number of halogens is 1. The van der Waals surface area contributed by atoms with Crippen LogP contribution in [0.2, 0.25) is 5.02 Å². The molecule has 4 saturated carbocycles. The summed E-state index contributed by atoms with van der Waals surface area (Å²) in [6, 6.07) is 13.1. The van der Waals surface area contributed by atoms with Gasteiger partial charge in [0.15, 0.2) is 0 Å². The molecule has 4 bridgehead atoms. The maximum Gasteiger partial charge on any atom is 0.340 e. The molecule has 0 aromatic heterocycles. The van der Waals surface area contributed by atoms with Gasteiger partial charge in [0.05, 0.1) is 18.4 Å². The van der Waals surface area contributed by atoms with Crippen molar-refractivity contribution in [3.05, 3.63) is 64.2 Å². The largest absolute Gasteiger partial charge is 0.465 e. The van der Waals surface area contributed by atoms with E-state index >= 15 is 0 Å². The highest BCUT2D eigenvalue weighted by molar-refractivity contribution is 6.31. The molecule has 1 amide bonds. The van der Waals surface area contributed by atoms with Crippen molar-refractivity contribution >= 4 is 29.2 Å². The summed E-state index contributed by atoms with van der Waals surface area (Å²) in [5, 5.41) is 3.03. The average molecular weight is 448 g/mol. The summed E-state index contributed by atoms with van der Waals surface area (Å²) in [5.74, 6) is 7.21. The number of esters is 1. The van der Waals surface area contributed by atoms with Gasteiger partial charge in [-0.1, -0.05) is 29.7 Å². The van der Waals surface area contributed by atoms with Gasteiger partial charge >= 0.3 is 11.9 Å². The molecule has 32 heavy (non-hydrogen) atoms. The van der Waals surface area contributed by atoms with E-state index in [4.69, 9.17) is 16.3 Å². The van der Waals surface area contributed by atoms with Crippen LogP contribution in [0.5, 0.6) is 0 Å². The monoisotopic (exact) mass is 447 g/mol. The summed E-state index contributed by atoms with van der Waals surface area (Å²) in [4.78, 5) is 24.3. The van der Waals surface area contributed by atoms with Crippen LogP contribution in [0.4, 0.5) is 5.69 Å². The highest BCUT2D eigenvalue weighted by Gasteiger charge is 2.51. The van der Waals surface area contributed by atoms with Gasteiger partial charge in [0, 0.05) is 16.5 Å². The third kappa shape index (κ3) is 4.02. The smallest absolute Gasteiger partial charge is 0.340 e. The summed E-state index contributed by atoms with van der Waals surface area (Å²) in [6.07, 6.45) is 8.29. The molecule has 164 valence electrons. The number of anilines is 1. The minimum Gasteiger partial charge on any atom is -0.465 e. The molecule has 1 N–H and O–H groups in total. The molecule has 0 aliphatic heterocycles. The molecule has 0 saturated heterocycles. The Balaban J connectivity index is 1.29. The molecule has 4 nitrogen and oxygen atoms in total. The quantitative estimate of drug-likeness (QED) is 0.493. The predicted octanol–water partition coefficient (Wildman–Crippen LogP) is 5.58. The summed E-state index contributed by atoms with van der Waals surface area (Å²) in [7, 11) is 1.28. The summed E-state index contributed by atoms with van der Waals surface area (Å²) >= 11 is 5.96. The van der Waals surface area contributed by atoms with Gasteiger partial charge in [-0.25, -0.2) is 4.79 Å². The fourth-order valence-corrected chi connectivity index (χ4v) is 6.73. The molecule has 6 rings (SSSR count). The van der Waals surface area contributed by atoms with Crippen molar-refractivity contribution in [2.45, 2.75) is 43.9 Å². The van der Waals surface area contributed by atoms with Gasteiger partial charge in [-0.05, 0) is 97.6 Å². The first-order valence-electron chi connectivity index (χ1n) is 11.3. The lowest BCUT2D eigenvalue weighted by atomic mass is 9.48. The van der Waals surface area contributed by atoms with E-state index in [1.165, 1.54) is 57.3 Å². The number of carbonyl (C=O) groups excluding carboxylic acids is 2. The summed E-state index contributed by atoms with van der Waals surface area (Å²) < 4.78 is 4.76. The van der Waals surface area contributed by atoms with E-state index in [2.05, 4.69) is 29.3 Å². The molecule has 0 atom stereocenters. The molecule has 2 aromatic carbocycles. The van der Waals surface area contributed by atoms with E-state index in [-0.39, 0.29) is 5.56 Å². The first-order chi connectivity index (χ1) is 15.4. The van der Waals surface area contributed by atoms with Crippen molar-refractivity contribution < 1.29 is 14.3 Å². The topological polar surface area (TPSA) is 55.4 Å². The fraction of sp³-hybridized carbons (Fsp3) is 0.407. The van der Waals surface area contributed by atoms with Crippen LogP contribution in [-0.4, -0.2) is 19.0 Å². The Hall–Kier alpha value is -2.77. The number of rotatable bonds is 3. The number of ether oxygens (including phenoxy) is 1. The normalized spacial score (nSPS) is 27.4. The Morgan fingerprint density at radius 3 is 2.22 bits per heavy atom. The lowest BCUT2D eigenvalue weighted by Crippen LogP contribution is -2.48. The molecule has 0 heterocycles. The average Bonchev–Trinajstić information content (AvgIpc) is 2.78. The highest BCUT2D eigenvalue weighted by atomic mass is 35.5. The van der Waals surface area contributed by atoms with E-state index in [9.17, 15) is 9.59 Å². The maximum absolute atomic E-state index is 12.4. The minimum absolute atomic E-state index is 0.190. The number of amides is 1. The first kappa shape index (κ1) is 21.1. The van der Waals surface area contributed by atoms with Gasteiger partial charge in [-0.15, -0.1) is 0 Å². The van der Waals surface area contributed by atoms with Crippen molar-refractivity contribution in [3.63, 3.8) is 0 Å². The number of nitrogens with one attached hydrogen (secondary N) is 1. The second-order valence-corrected chi connectivity index (χ2v) is 10.1. The summed E-state index contributed by atoms with van der Waals surface area (Å²) in [6.45, 7) is 0. The van der Waals surface area contributed by atoms with Gasteiger partial charge in [-0.3, -0.25) is 4.79 Å². The van der Waals surface area contributed by atoms with E-state index in [1.54, 1.807) is 12.1 Å². The number of carbonyl (C=O) groups is 2. The lowest BCUT2D eigenvalue weighted by Gasteiger charge is -2.57. The minimum atomic E-state index is -0.573. The zero-order valence-corrected chi connectivity index (χ0v) is 18.9. The van der Waals surface area contributed by atoms with Crippen molar-refractivity contribution in [1.82, 2.24) is 0 Å². The molecule has 0 spiro atoms. The Kier molecular flexibility index (Phi) is 5.47. The second-order valence-electron chi connectivity index (χ2n) is 9.66. The van der Waals surface area contributed by atoms with Gasteiger partial charge in [-0.2, -0.15) is 0 Å². The molecular weight excluding hydrogens is 422 g/mol. The number of hydrogen-bond donors (Lipinski definition) is 1. The van der Waals surface area contributed by atoms with Gasteiger partial charge < -0.3 is 10.1 Å². The Morgan fingerprint density at radius 1 is 1.00 bits per heavy atom. The molecule has 4 aliphatic rings. The highest BCUT2D eigenvalue weighted by Crippen LogP contribution is 2.60. The first-order valence-corrected chi connectivity index (χ1v) is 11.6. The van der Waals surface area contributed by atoms with Crippen LogP contribution in [-0.2, 0) is 14.9 Å². The molecule has 0 radical (unpaired) electrons. The van der Waals surface area contributed by atoms with Gasteiger partial charge in [0.1, 0.15) is 0 Å². The number of hydrogen-bond acceptors (Lipinski definition) is 3. The van der Waals surface area contributed by atoms with E-state index < -0.39 is 11.9 Å². The van der Waals surface area contributed by atoms with Gasteiger partial charge in [0.2, 0.25) is 0 Å². The zero-order chi connectivity index (χ0) is 22.3. The van der Waals surface area contributed by atoms with Gasteiger partial charge in [0.25, 0.3) is 0 Å². The SMILES string of the molecule is COC(=O)c1cc(Cl)ccc1NC(=O)C#Cc1ccc(C23CC4CC(CC(C4)C2)C3)cc1. The number of methoxy groups -OCH3 is 1. The Morgan fingerprint density at radius 2 is 1.62 bits per heavy atom. The third-order valence-corrected chi connectivity index (χ3v) is 7.73. The van der Waals surface area contributed by atoms with Crippen LogP contribution >= 0.6 is 11.6 Å². The van der Waals surface area contributed by atoms with E-state index in [0.29, 0.717) is 16.1 Å². The fourth-order valence-electron chi connectivity index (χ4n) is 6.56. The van der Waals surface area contributed by atoms with E-state index in [0.717, 1.165) is 23.3 Å². The van der Waals surface area contributed by atoms with Crippen LogP contribution in [0, 0.1) is 29.6 Å². The van der Waals surface area contributed by atoms with Crippen molar-refractivity contribution in [2.75, 3.05) is 12.4 Å². The molecule has 2 aromatic rings. The second kappa shape index (κ2) is 8.30. The molecule has 5 heteroatoms. The van der Waals surface area contributed by atoms with E-state index in [1.807, 2.05) is 12.1 Å². The molecule has 4 fully saturated rings. The van der Waals surface area contributed by atoms with Crippen LogP contribution < -0.4 is 5.32 Å².